The molecule has 5 rings (SSSR count). The highest BCUT2D eigenvalue weighted by atomic mass is 19.4. The summed E-state index contributed by atoms with van der Waals surface area (Å²) in [4.78, 5) is 31.5. The molecule has 1 aliphatic heterocycles. The van der Waals surface area contributed by atoms with Gasteiger partial charge in [-0.05, 0) is 53.3 Å². The number of rotatable bonds is 4. The van der Waals surface area contributed by atoms with Crippen molar-refractivity contribution in [3.8, 4) is 11.1 Å². The summed E-state index contributed by atoms with van der Waals surface area (Å²) in [5.41, 5.74) is -2.03. The number of hydrogen-bond acceptors (Lipinski definition) is 4. The van der Waals surface area contributed by atoms with Crippen LogP contribution in [0.1, 0.15) is 51.8 Å². The van der Waals surface area contributed by atoms with E-state index in [0.717, 1.165) is 0 Å². The van der Waals surface area contributed by atoms with Crippen LogP contribution in [-0.4, -0.2) is 27.1 Å². The standard InChI is InChI=1S/C30H25F6N3O3/c1-16-8-9-39-26(27(41)37-14-16)24(19-4-2-17(15-40)3-5-19)23-7-6-22(38-25(23)28(39)42)12-18-10-20(29(31,32)33)13-21(11-18)30(34,35)36/h2-7,10-11,13,16,40H,8-9,12,14-15H2,1H3,(H,37,41). The molecule has 4 aromatic rings. The van der Waals surface area contributed by atoms with E-state index in [9.17, 15) is 41.0 Å². The number of aromatic nitrogens is 2. The molecule has 1 atom stereocenters. The van der Waals surface area contributed by atoms with Gasteiger partial charge in [0.15, 0.2) is 0 Å². The Balaban J connectivity index is 1.71. The summed E-state index contributed by atoms with van der Waals surface area (Å²) >= 11 is 0. The number of halogens is 6. The SMILES string of the molecule is CC1CCn2c(c(-c3ccc(CO)cc3)c3ccc(Cc4cc(C(F)(F)F)cc(C(F)(F)F)c4)nc3c2=O)C(=O)NC1. The predicted molar refractivity (Wildman–Crippen MR) is 143 cm³/mol. The Morgan fingerprint density at radius 3 is 2.17 bits per heavy atom. The van der Waals surface area contributed by atoms with Gasteiger partial charge in [0, 0.05) is 36.2 Å². The van der Waals surface area contributed by atoms with Crippen molar-refractivity contribution in [2.75, 3.05) is 6.54 Å². The Morgan fingerprint density at radius 1 is 0.929 bits per heavy atom. The summed E-state index contributed by atoms with van der Waals surface area (Å²) in [5, 5.41) is 12.6. The normalized spacial score (nSPS) is 16.1. The molecule has 0 bridgehead atoms. The Morgan fingerprint density at radius 2 is 1.57 bits per heavy atom. The topological polar surface area (TPSA) is 84.2 Å². The van der Waals surface area contributed by atoms with E-state index in [2.05, 4.69) is 10.3 Å². The maximum Gasteiger partial charge on any atom is 0.416 e. The van der Waals surface area contributed by atoms with Gasteiger partial charge in [0.2, 0.25) is 0 Å². The molecule has 1 aliphatic rings. The number of carbonyl (C=O) groups is 1. The fourth-order valence-corrected chi connectivity index (χ4v) is 5.11. The quantitative estimate of drug-likeness (QED) is 0.288. The number of pyridine rings is 2. The minimum Gasteiger partial charge on any atom is -0.392 e. The fraction of sp³-hybridized carbons (Fsp3) is 0.300. The Bertz CT molecular complexity index is 1690. The molecule has 1 unspecified atom stereocenters. The molecular weight excluding hydrogens is 564 g/mol. The summed E-state index contributed by atoms with van der Waals surface area (Å²) < 4.78 is 81.7. The van der Waals surface area contributed by atoms with E-state index < -0.39 is 41.4 Å². The molecule has 0 spiro atoms. The Hall–Kier alpha value is -4.19. The van der Waals surface area contributed by atoms with Crippen molar-refractivity contribution in [3.63, 3.8) is 0 Å². The van der Waals surface area contributed by atoms with E-state index in [-0.39, 0.29) is 47.6 Å². The largest absolute Gasteiger partial charge is 0.416 e. The van der Waals surface area contributed by atoms with Gasteiger partial charge in [0.25, 0.3) is 11.5 Å². The van der Waals surface area contributed by atoms with E-state index in [4.69, 9.17) is 0 Å². The van der Waals surface area contributed by atoms with Crippen LogP contribution in [0.2, 0.25) is 0 Å². The van der Waals surface area contributed by atoms with Gasteiger partial charge in [0.1, 0.15) is 11.2 Å². The van der Waals surface area contributed by atoms with Crippen molar-refractivity contribution in [1.29, 1.82) is 0 Å². The number of nitrogens with zero attached hydrogens (tertiary/aromatic N) is 2. The zero-order chi connectivity index (χ0) is 30.4. The summed E-state index contributed by atoms with van der Waals surface area (Å²) in [6.07, 6.45) is -9.84. The van der Waals surface area contributed by atoms with Crippen molar-refractivity contribution in [3.05, 3.63) is 98.6 Å². The van der Waals surface area contributed by atoms with Crippen molar-refractivity contribution in [2.24, 2.45) is 5.92 Å². The summed E-state index contributed by atoms with van der Waals surface area (Å²) in [6, 6.07) is 11.0. The lowest BCUT2D eigenvalue weighted by Crippen LogP contribution is -2.38. The zero-order valence-corrected chi connectivity index (χ0v) is 22.2. The maximum atomic E-state index is 13.7. The Labute approximate surface area is 235 Å². The molecule has 3 heterocycles. The van der Waals surface area contributed by atoms with Crippen LogP contribution in [0.4, 0.5) is 26.3 Å². The molecule has 2 aromatic carbocycles. The number of carbonyl (C=O) groups excluding carboxylic acids is 1. The van der Waals surface area contributed by atoms with Crippen LogP contribution in [0.25, 0.3) is 22.0 Å². The molecule has 0 radical (unpaired) electrons. The van der Waals surface area contributed by atoms with E-state index in [0.29, 0.717) is 47.2 Å². The van der Waals surface area contributed by atoms with Gasteiger partial charge in [-0.1, -0.05) is 37.3 Å². The van der Waals surface area contributed by atoms with Gasteiger partial charge >= 0.3 is 12.4 Å². The van der Waals surface area contributed by atoms with Crippen molar-refractivity contribution in [2.45, 2.75) is 45.3 Å². The number of fused-ring (bicyclic) bond motifs is 2. The second-order valence-electron chi connectivity index (χ2n) is 10.4. The second-order valence-corrected chi connectivity index (χ2v) is 10.4. The van der Waals surface area contributed by atoms with E-state index >= 15 is 0 Å². The van der Waals surface area contributed by atoms with Gasteiger partial charge in [0.05, 0.1) is 17.7 Å². The highest BCUT2D eigenvalue weighted by Gasteiger charge is 2.37. The first kappa shape index (κ1) is 29.3. The first-order valence-corrected chi connectivity index (χ1v) is 13.1. The third-order valence-corrected chi connectivity index (χ3v) is 7.31. The highest BCUT2D eigenvalue weighted by Crippen LogP contribution is 2.37. The number of nitrogens with one attached hydrogen (secondary N) is 1. The maximum absolute atomic E-state index is 13.7. The van der Waals surface area contributed by atoms with E-state index in [1.54, 1.807) is 24.3 Å². The highest BCUT2D eigenvalue weighted by molar-refractivity contribution is 6.07. The number of aliphatic hydroxyl groups excluding tert-OH is 1. The number of aliphatic hydroxyl groups is 1. The fourth-order valence-electron chi connectivity index (χ4n) is 5.11. The summed E-state index contributed by atoms with van der Waals surface area (Å²) in [7, 11) is 0. The molecule has 2 aromatic heterocycles. The molecule has 0 aliphatic carbocycles. The van der Waals surface area contributed by atoms with Crippen molar-refractivity contribution in [1.82, 2.24) is 14.9 Å². The first-order valence-electron chi connectivity index (χ1n) is 13.1. The number of benzene rings is 2. The summed E-state index contributed by atoms with van der Waals surface area (Å²) in [5.74, 6) is -0.394. The van der Waals surface area contributed by atoms with E-state index in [1.807, 2.05) is 6.92 Å². The average molecular weight is 590 g/mol. The van der Waals surface area contributed by atoms with Gasteiger partial charge in [-0.25, -0.2) is 4.98 Å². The minimum absolute atomic E-state index is 0.0575. The van der Waals surface area contributed by atoms with Crippen LogP contribution in [0.3, 0.4) is 0 Å². The van der Waals surface area contributed by atoms with Crippen LogP contribution in [0, 0.1) is 5.92 Å². The molecule has 1 amide bonds. The van der Waals surface area contributed by atoms with Crippen molar-refractivity contribution >= 4 is 16.8 Å². The van der Waals surface area contributed by atoms with Crippen LogP contribution in [0.15, 0.2) is 59.4 Å². The number of amides is 1. The van der Waals surface area contributed by atoms with Crippen LogP contribution in [0.5, 0.6) is 0 Å². The lowest BCUT2D eigenvalue weighted by molar-refractivity contribution is -0.143. The van der Waals surface area contributed by atoms with Crippen LogP contribution < -0.4 is 10.9 Å². The van der Waals surface area contributed by atoms with Crippen molar-refractivity contribution < 1.29 is 36.2 Å². The zero-order valence-electron chi connectivity index (χ0n) is 22.2. The average Bonchev–Trinajstić information content (AvgIpc) is 2.93. The van der Waals surface area contributed by atoms with Crippen LogP contribution >= 0.6 is 0 Å². The van der Waals surface area contributed by atoms with Gasteiger partial charge in [-0.15, -0.1) is 0 Å². The third kappa shape index (κ3) is 5.76. The van der Waals surface area contributed by atoms with Gasteiger partial charge in [-0.3, -0.25) is 9.59 Å². The molecule has 220 valence electrons. The smallest absolute Gasteiger partial charge is 0.392 e. The summed E-state index contributed by atoms with van der Waals surface area (Å²) in [6.45, 7) is 2.33. The molecule has 6 nitrogen and oxygen atoms in total. The molecule has 0 saturated heterocycles. The molecular formula is C30H25F6N3O3. The lowest BCUT2D eigenvalue weighted by atomic mass is 9.95. The van der Waals surface area contributed by atoms with Crippen LogP contribution in [-0.2, 0) is 31.9 Å². The first-order chi connectivity index (χ1) is 19.8. The molecule has 0 fully saturated rings. The number of hydrogen-bond donors (Lipinski definition) is 2. The Kier molecular flexibility index (Phi) is 7.61. The van der Waals surface area contributed by atoms with Gasteiger partial charge in [-0.2, -0.15) is 26.3 Å². The second kappa shape index (κ2) is 10.9. The number of alkyl halides is 6. The molecule has 2 N–H and O–H groups in total. The minimum atomic E-state index is -5.00. The lowest BCUT2D eigenvalue weighted by Gasteiger charge is -2.24. The molecule has 0 saturated carbocycles. The third-order valence-electron chi connectivity index (χ3n) is 7.31. The van der Waals surface area contributed by atoms with E-state index in [1.165, 1.54) is 16.7 Å². The van der Waals surface area contributed by atoms with Gasteiger partial charge < -0.3 is 15.0 Å². The molecule has 42 heavy (non-hydrogen) atoms. The monoisotopic (exact) mass is 589 g/mol. The molecule has 12 heteroatoms. The predicted octanol–water partition coefficient (Wildman–Crippen LogP) is 5.95.